The molecule has 0 amide bonds. The Hall–Kier alpha value is -0.670. The zero-order valence-electron chi connectivity index (χ0n) is 8.83. The standard InChI is InChI=1S/C12H16O3/c13-9-5-11-10-4-2-1-3-8(10)6-14-12(11)15-7-9/h11-12H,1-7H2/t11-,12-/m1/s1. The number of hydrogen-bond acceptors (Lipinski definition) is 3. The highest BCUT2D eigenvalue weighted by atomic mass is 16.7. The van der Waals surface area contributed by atoms with Crippen molar-refractivity contribution in [2.75, 3.05) is 13.2 Å². The van der Waals surface area contributed by atoms with Crippen molar-refractivity contribution in [2.24, 2.45) is 5.92 Å². The van der Waals surface area contributed by atoms with Gasteiger partial charge in [-0.1, -0.05) is 5.57 Å². The van der Waals surface area contributed by atoms with Crippen LogP contribution in [0.25, 0.3) is 0 Å². The molecule has 0 aromatic carbocycles. The zero-order chi connectivity index (χ0) is 10.3. The average Bonchev–Trinajstić information content (AvgIpc) is 2.29. The Morgan fingerprint density at radius 2 is 1.87 bits per heavy atom. The highest BCUT2D eigenvalue weighted by Gasteiger charge is 2.38. The summed E-state index contributed by atoms with van der Waals surface area (Å²) in [5.74, 6) is 0.453. The monoisotopic (exact) mass is 208 g/mol. The van der Waals surface area contributed by atoms with E-state index in [1.807, 2.05) is 0 Å². The van der Waals surface area contributed by atoms with Crippen LogP contribution in [0.5, 0.6) is 0 Å². The minimum Gasteiger partial charge on any atom is -0.348 e. The van der Waals surface area contributed by atoms with Gasteiger partial charge in [0.25, 0.3) is 0 Å². The van der Waals surface area contributed by atoms with Gasteiger partial charge in [-0.15, -0.1) is 0 Å². The van der Waals surface area contributed by atoms with Gasteiger partial charge in [0.15, 0.2) is 12.1 Å². The number of carbonyl (C=O) groups is 1. The van der Waals surface area contributed by atoms with E-state index in [9.17, 15) is 4.79 Å². The fourth-order valence-corrected chi connectivity index (χ4v) is 2.93. The number of Topliss-reactive ketones (excluding diaryl/α,β-unsaturated/α-hetero) is 1. The van der Waals surface area contributed by atoms with E-state index in [0.717, 1.165) is 19.4 Å². The van der Waals surface area contributed by atoms with Crippen molar-refractivity contribution in [1.29, 1.82) is 0 Å². The minimum atomic E-state index is -0.139. The molecule has 0 N–H and O–H groups in total. The molecule has 0 aromatic rings. The second kappa shape index (κ2) is 3.72. The van der Waals surface area contributed by atoms with Gasteiger partial charge in [0.05, 0.1) is 6.61 Å². The molecule has 2 aliphatic heterocycles. The second-order valence-electron chi connectivity index (χ2n) is 4.68. The molecule has 82 valence electrons. The van der Waals surface area contributed by atoms with Gasteiger partial charge in [0.2, 0.25) is 0 Å². The smallest absolute Gasteiger partial charge is 0.165 e. The number of fused-ring (bicyclic) bond motifs is 2. The van der Waals surface area contributed by atoms with Crippen LogP contribution in [0, 0.1) is 5.92 Å². The summed E-state index contributed by atoms with van der Waals surface area (Å²) in [6.45, 7) is 0.967. The molecule has 0 bridgehead atoms. The Balaban J connectivity index is 1.89. The minimum absolute atomic E-state index is 0.139. The SMILES string of the molecule is O=C1CO[C@H]2OCC3=C(CCCC3)[C@H]2C1. The van der Waals surface area contributed by atoms with Crippen molar-refractivity contribution in [3.63, 3.8) is 0 Å². The number of rotatable bonds is 0. The predicted octanol–water partition coefficient (Wildman–Crippen LogP) is 1.82. The summed E-state index contributed by atoms with van der Waals surface area (Å²) in [5.41, 5.74) is 2.92. The van der Waals surface area contributed by atoms with Crippen LogP contribution < -0.4 is 0 Å². The molecule has 3 aliphatic rings. The number of carbonyl (C=O) groups excluding carboxylic acids is 1. The van der Waals surface area contributed by atoms with E-state index in [1.165, 1.54) is 24.0 Å². The first-order valence-electron chi connectivity index (χ1n) is 5.80. The molecular formula is C12H16O3. The lowest BCUT2D eigenvalue weighted by atomic mass is 9.79. The zero-order valence-corrected chi connectivity index (χ0v) is 8.83. The maximum atomic E-state index is 11.4. The lowest BCUT2D eigenvalue weighted by molar-refractivity contribution is -0.191. The third-order valence-corrected chi connectivity index (χ3v) is 3.68. The van der Waals surface area contributed by atoms with E-state index in [-0.39, 0.29) is 24.6 Å². The van der Waals surface area contributed by atoms with Crippen molar-refractivity contribution in [3.8, 4) is 0 Å². The molecule has 1 saturated heterocycles. The van der Waals surface area contributed by atoms with Crippen molar-refractivity contribution >= 4 is 5.78 Å². The molecule has 0 unspecified atom stereocenters. The molecule has 2 atom stereocenters. The summed E-state index contributed by atoms with van der Waals surface area (Å²) in [6, 6.07) is 0. The van der Waals surface area contributed by atoms with Crippen molar-refractivity contribution in [2.45, 2.75) is 38.4 Å². The quantitative estimate of drug-likeness (QED) is 0.570. The maximum Gasteiger partial charge on any atom is 0.165 e. The van der Waals surface area contributed by atoms with Gasteiger partial charge >= 0.3 is 0 Å². The summed E-state index contributed by atoms with van der Waals surface area (Å²) in [6.07, 6.45) is 5.33. The van der Waals surface area contributed by atoms with Gasteiger partial charge in [-0.25, -0.2) is 0 Å². The largest absolute Gasteiger partial charge is 0.348 e. The fourth-order valence-electron chi connectivity index (χ4n) is 2.93. The van der Waals surface area contributed by atoms with Gasteiger partial charge < -0.3 is 9.47 Å². The first-order chi connectivity index (χ1) is 7.34. The molecule has 3 heteroatoms. The fraction of sp³-hybridized carbons (Fsp3) is 0.750. The van der Waals surface area contributed by atoms with Crippen LogP contribution >= 0.6 is 0 Å². The van der Waals surface area contributed by atoms with Crippen molar-refractivity contribution in [1.82, 2.24) is 0 Å². The third-order valence-electron chi connectivity index (χ3n) is 3.68. The molecule has 0 saturated carbocycles. The average molecular weight is 208 g/mol. The number of hydrogen-bond donors (Lipinski definition) is 0. The molecule has 3 rings (SSSR count). The summed E-state index contributed by atoms with van der Waals surface area (Å²) in [7, 11) is 0. The van der Waals surface area contributed by atoms with Crippen LogP contribution in [0.4, 0.5) is 0 Å². The summed E-state index contributed by atoms with van der Waals surface area (Å²) in [5, 5.41) is 0. The number of ketones is 1. The third kappa shape index (κ3) is 1.64. The first kappa shape index (κ1) is 9.55. The first-order valence-corrected chi connectivity index (χ1v) is 5.80. The Bertz CT molecular complexity index is 319. The molecule has 0 radical (unpaired) electrons. The van der Waals surface area contributed by atoms with Crippen LogP contribution in [-0.2, 0) is 14.3 Å². The van der Waals surface area contributed by atoms with Crippen LogP contribution in [-0.4, -0.2) is 25.3 Å². The van der Waals surface area contributed by atoms with Gasteiger partial charge in [0.1, 0.15) is 6.61 Å². The predicted molar refractivity (Wildman–Crippen MR) is 54.3 cm³/mol. The van der Waals surface area contributed by atoms with Crippen LogP contribution in [0.15, 0.2) is 11.1 Å². The summed E-state index contributed by atoms with van der Waals surface area (Å²) in [4.78, 5) is 11.4. The van der Waals surface area contributed by atoms with E-state index in [2.05, 4.69) is 0 Å². The highest BCUT2D eigenvalue weighted by Crippen LogP contribution is 2.39. The van der Waals surface area contributed by atoms with Crippen LogP contribution in [0.1, 0.15) is 32.1 Å². The van der Waals surface area contributed by atoms with Crippen LogP contribution in [0.3, 0.4) is 0 Å². The van der Waals surface area contributed by atoms with E-state index >= 15 is 0 Å². The van der Waals surface area contributed by atoms with Crippen molar-refractivity contribution in [3.05, 3.63) is 11.1 Å². The second-order valence-corrected chi connectivity index (χ2v) is 4.68. The highest BCUT2D eigenvalue weighted by molar-refractivity contribution is 5.81. The molecular weight excluding hydrogens is 192 g/mol. The van der Waals surface area contributed by atoms with E-state index < -0.39 is 0 Å². The maximum absolute atomic E-state index is 11.4. The molecule has 0 spiro atoms. The van der Waals surface area contributed by atoms with E-state index in [1.54, 1.807) is 0 Å². The lowest BCUT2D eigenvalue weighted by Crippen LogP contribution is -2.41. The van der Waals surface area contributed by atoms with Gasteiger partial charge in [-0.05, 0) is 31.3 Å². The molecule has 1 aliphatic carbocycles. The van der Waals surface area contributed by atoms with E-state index in [0.29, 0.717) is 6.42 Å². The van der Waals surface area contributed by atoms with Gasteiger partial charge in [0, 0.05) is 12.3 Å². The Kier molecular flexibility index (Phi) is 2.37. The molecule has 2 heterocycles. The normalized spacial score (nSPS) is 36.1. The van der Waals surface area contributed by atoms with Gasteiger partial charge in [-0.2, -0.15) is 0 Å². The molecule has 15 heavy (non-hydrogen) atoms. The van der Waals surface area contributed by atoms with E-state index in [4.69, 9.17) is 9.47 Å². The lowest BCUT2D eigenvalue weighted by Gasteiger charge is -2.39. The van der Waals surface area contributed by atoms with Crippen LogP contribution in [0.2, 0.25) is 0 Å². The van der Waals surface area contributed by atoms with Gasteiger partial charge in [-0.3, -0.25) is 4.79 Å². The summed E-state index contributed by atoms with van der Waals surface area (Å²) >= 11 is 0. The Morgan fingerprint density at radius 3 is 2.80 bits per heavy atom. The Morgan fingerprint density at radius 1 is 1.07 bits per heavy atom. The molecule has 3 nitrogen and oxygen atoms in total. The number of ether oxygens (including phenoxy) is 2. The summed E-state index contributed by atoms with van der Waals surface area (Å²) < 4.78 is 11.1. The van der Waals surface area contributed by atoms with Crippen molar-refractivity contribution < 1.29 is 14.3 Å². The molecule has 0 aromatic heterocycles. The topological polar surface area (TPSA) is 35.5 Å². The Labute approximate surface area is 89.4 Å². The molecule has 1 fully saturated rings.